The van der Waals surface area contributed by atoms with Gasteiger partial charge in [0.1, 0.15) is 11.6 Å². The number of amides is 2. The number of rotatable bonds is 13. The molecule has 3 N–H and O–H groups in total. The Hall–Kier alpha value is -6.11. The molecule has 1 aliphatic heterocycles. The van der Waals surface area contributed by atoms with E-state index in [-0.39, 0.29) is 64.8 Å². The molecule has 3 aliphatic carbocycles. The van der Waals surface area contributed by atoms with Crippen LogP contribution >= 0.6 is 0 Å². The fourth-order valence-electron chi connectivity index (χ4n) is 12.3. The van der Waals surface area contributed by atoms with Crippen molar-refractivity contribution >= 4 is 34.7 Å². The number of esters is 1. The number of aromatic amines is 2. The molecule has 0 radical (unpaired) electrons. The van der Waals surface area contributed by atoms with Gasteiger partial charge in [-0.3, -0.25) is 19.2 Å². The van der Waals surface area contributed by atoms with E-state index < -0.39 is 18.1 Å². The molecule has 2 unspecified atom stereocenters. The Balaban J connectivity index is 0.980. The highest BCUT2D eigenvalue weighted by Gasteiger charge is 2.43. The van der Waals surface area contributed by atoms with E-state index >= 15 is 0 Å². The first-order valence-corrected chi connectivity index (χ1v) is 25.4. The second-order valence-corrected chi connectivity index (χ2v) is 21.1. The summed E-state index contributed by atoms with van der Waals surface area (Å²) < 4.78 is 9.77. The molecule has 13 nitrogen and oxygen atoms in total. The molecule has 5 aromatic rings. The van der Waals surface area contributed by atoms with E-state index in [1.807, 2.05) is 50.9 Å². The van der Waals surface area contributed by atoms with Crippen molar-refractivity contribution in [2.45, 2.75) is 136 Å². The number of benzene rings is 3. The molecule has 5 atom stereocenters. The number of hydrogen-bond donors (Lipinski definition) is 3. The van der Waals surface area contributed by atoms with Gasteiger partial charge in [-0.25, -0.2) is 14.8 Å². The third-order valence-electron chi connectivity index (χ3n) is 16.1. The van der Waals surface area contributed by atoms with Crippen molar-refractivity contribution in [1.82, 2.24) is 30.2 Å². The Morgan fingerprint density at radius 3 is 2.12 bits per heavy atom. The molecule has 2 aromatic heterocycles. The quantitative estimate of drug-likeness (QED) is 0.0970. The number of carbonyl (C=O) groups is 4. The molecule has 1 saturated heterocycles. The molecule has 3 aromatic carbocycles. The Bertz CT molecular complexity index is 2790. The number of alkyl carbamates (subject to hydrolysis) is 1. The number of Topliss-reactive ketones (excluding diaryl/α,β-unsaturated/α-hetero) is 1. The fraction of sp³-hybridized carbons (Fsp3) is 0.518. The van der Waals surface area contributed by atoms with Gasteiger partial charge in [0.25, 0.3) is 5.56 Å². The lowest BCUT2D eigenvalue weighted by Gasteiger charge is -2.37. The Morgan fingerprint density at radius 1 is 0.768 bits per heavy atom. The molecule has 364 valence electrons. The minimum absolute atomic E-state index is 0.00640. The standard InChI is InChI=1S/C56H68N6O7/c1-32(2)41(28-48(63)68-5)54(66)62-26-12-9-15-47(62)52-57-31-46(59-52)35-18-16-34(17-19-35)37-21-22-38(44-30-56(29-43(37)44)24-10-11-25-56)36-20-23-45-42(27-36)53(65)61-51(58-45)40-14-8-7-13-39(40)50(64)49(33(3)4)60-55(67)69-6/h16-23,27,31-33,39-41,47,49H,7-15,24-26,28-30H2,1-6H3,(H,57,59)(H,60,67)(H,58,61,65)/t39?,40-,41+,47?,49+/m1/s1. The van der Waals surface area contributed by atoms with Gasteiger partial charge in [-0.05, 0) is 126 Å². The summed E-state index contributed by atoms with van der Waals surface area (Å²) in [5, 5.41) is 3.27. The smallest absolute Gasteiger partial charge is 0.407 e. The van der Waals surface area contributed by atoms with Crippen molar-refractivity contribution in [3.05, 3.63) is 93.9 Å². The van der Waals surface area contributed by atoms with E-state index in [2.05, 4.69) is 57.7 Å². The lowest BCUT2D eigenvalue weighted by molar-refractivity contribution is -0.150. The van der Waals surface area contributed by atoms with Gasteiger partial charge in [-0.2, -0.15) is 0 Å². The number of methoxy groups -OCH3 is 2. The maximum absolute atomic E-state index is 14.1. The SMILES string of the molecule is COC(=O)C[C@H](C(=O)N1CCCCC1c1ncc(-c2ccc(-c3ccc(-c4ccc5nc([C@@H]6CCCCC6C(=O)[C@@H](NC(=O)OC)C(C)C)[nH]c(=O)c5c4)c4c3CC3(CCCC3)C4)cc2)[nH]1)C(C)C. The Morgan fingerprint density at radius 2 is 1.43 bits per heavy atom. The number of nitrogens with one attached hydrogen (secondary N) is 3. The van der Waals surface area contributed by atoms with E-state index in [9.17, 15) is 24.0 Å². The molecule has 2 saturated carbocycles. The fourth-order valence-corrected chi connectivity index (χ4v) is 12.3. The number of ketones is 1. The molecule has 4 aliphatic rings. The van der Waals surface area contributed by atoms with Crippen molar-refractivity contribution in [2.75, 3.05) is 20.8 Å². The van der Waals surface area contributed by atoms with Crippen LogP contribution in [0.15, 0.2) is 65.6 Å². The first-order valence-electron chi connectivity index (χ1n) is 25.4. The highest BCUT2D eigenvalue weighted by molar-refractivity contribution is 5.91. The van der Waals surface area contributed by atoms with E-state index in [0.29, 0.717) is 29.7 Å². The van der Waals surface area contributed by atoms with E-state index in [4.69, 9.17) is 19.4 Å². The van der Waals surface area contributed by atoms with Crippen LogP contribution in [-0.4, -0.2) is 75.4 Å². The predicted molar refractivity (Wildman–Crippen MR) is 266 cm³/mol. The molecule has 2 amide bonds. The Kier molecular flexibility index (Phi) is 14.0. The molecule has 9 rings (SSSR count). The number of carbonyl (C=O) groups excluding carboxylic acids is 4. The van der Waals surface area contributed by atoms with Gasteiger partial charge < -0.3 is 29.7 Å². The van der Waals surface area contributed by atoms with Crippen LogP contribution in [0.5, 0.6) is 0 Å². The second kappa shape index (κ2) is 20.1. The number of ether oxygens (including phenoxy) is 2. The highest BCUT2D eigenvalue weighted by Crippen LogP contribution is 2.53. The van der Waals surface area contributed by atoms with Gasteiger partial charge in [-0.1, -0.05) is 95.8 Å². The summed E-state index contributed by atoms with van der Waals surface area (Å²) in [5.41, 5.74) is 9.81. The van der Waals surface area contributed by atoms with Crippen LogP contribution in [0, 0.1) is 29.1 Å². The van der Waals surface area contributed by atoms with Crippen LogP contribution in [0.1, 0.15) is 139 Å². The molecular weight excluding hydrogens is 869 g/mol. The molecule has 3 heterocycles. The number of piperidine rings is 1. The topological polar surface area (TPSA) is 176 Å². The molecule has 0 bridgehead atoms. The average Bonchev–Trinajstić information content (AvgIpc) is 4.14. The van der Waals surface area contributed by atoms with Gasteiger partial charge in [-0.15, -0.1) is 0 Å². The van der Waals surface area contributed by atoms with Crippen LogP contribution in [0.2, 0.25) is 0 Å². The van der Waals surface area contributed by atoms with Crippen molar-refractivity contribution < 1.29 is 28.7 Å². The van der Waals surface area contributed by atoms with E-state index in [1.54, 1.807) is 0 Å². The summed E-state index contributed by atoms with van der Waals surface area (Å²) in [6.45, 7) is 8.41. The van der Waals surface area contributed by atoms with Crippen LogP contribution in [0.4, 0.5) is 4.79 Å². The van der Waals surface area contributed by atoms with Gasteiger partial charge >= 0.3 is 12.1 Å². The number of likely N-dealkylation sites (tertiary alicyclic amines) is 1. The average molecular weight is 937 g/mol. The van der Waals surface area contributed by atoms with Crippen molar-refractivity contribution in [3.63, 3.8) is 0 Å². The zero-order valence-corrected chi connectivity index (χ0v) is 41.1. The van der Waals surface area contributed by atoms with Gasteiger partial charge in [0, 0.05) is 18.4 Å². The van der Waals surface area contributed by atoms with Crippen LogP contribution in [-0.2, 0) is 36.7 Å². The molecule has 1 spiro atoms. The number of fused-ring (bicyclic) bond motifs is 2. The zero-order chi connectivity index (χ0) is 48.6. The largest absolute Gasteiger partial charge is 0.469 e. The third kappa shape index (κ3) is 9.62. The lowest BCUT2D eigenvalue weighted by Crippen LogP contribution is -2.48. The molecule has 13 heteroatoms. The summed E-state index contributed by atoms with van der Waals surface area (Å²) >= 11 is 0. The minimum atomic E-state index is -0.700. The number of hydrogen-bond acceptors (Lipinski definition) is 9. The maximum atomic E-state index is 14.1. The maximum Gasteiger partial charge on any atom is 0.407 e. The number of H-pyrrole nitrogens is 2. The second-order valence-electron chi connectivity index (χ2n) is 21.1. The number of imidazole rings is 1. The summed E-state index contributed by atoms with van der Waals surface area (Å²) in [7, 11) is 2.66. The van der Waals surface area contributed by atoms with Gasteiger partial charge in [0.15, 0.2) is 5.78 Å². The van der Waals surface area contributed by atoms with E-state index in [0.717, 1.165) is 85.1 Å². The molecular formula is C56H68N6O7. The highest BCUT2D eigenvalue weighted by atomic mass is 16.5. The van der Waals surface area contributed by atoms with Crippen molar-refractivity contribution in [2.24, 2.45) is 29.1 Å². The van der Waals surface area contributed by atoms with Crippen molar-refractivity contribution in [3.8, 4) is 33.5 Å². The lowest BCUT2D eigenvalue weighted by atomic mass is 9.73. The summed E-state index contributed by atoms with van der Waals surface area (Å²) in [6.07, 6.45) is 14.2. The zero-order valence-electron chi connectivity index (χ0n) is 41.1. The monoisotopic (exact) mass is 937 g/mol. The Labute approximate surface area is 405 Å². The molecule has 69 heavy (non-hydrogen) atoms. The van der Waals surface area contributed by atoms with E-state index in [1.165, 1.54) is 56.6 Å². The normalized spacial score (nSPS) is 20.8. The van der Waals surface area contributed by atoms with Crippen LogP contribution < -0.4 is 10.9 Å². The van der Waals surface area contributed by atoms with Crippen LogP contribution in [0.3, 0.4) is 0 Å². The first-order chi connectivity index (χ1) is 33.3. The van der Waals surface area contributed by atoms with Crippen molar-refractivity contribution in [1.29, 1.82) is 0 Å². The predicted octanol–water partition coefficient (Wildman–Crippen LogP) is 10.4. The third-order valence-corrected chi connectivity index (χ3v) is 16.1. The van der Waals surface area contributed by atoms with Crippen LogP contribution in [0.25, 0.3) is 44.4 Å². The summed E-state index contributed by atoms with van der Waals surface area (Å²) in [5.74, 6) is -0.385. The van der Waals surface area contributed by atoms with Gasteiger partial charge in [0.2, 0.25) is 5.91 Å². The minimum Gasteiger partial charge on any atom is -0.469 e. The number of aromatic nitrogens is 4. The van der Waals surface area contributed by atoms with Gasteiger partial charge in [0.05, 0.1) is 61.4 Å². The summed E-state index contributed by atoms with van der Waals surface area (Å²) in [6, 6.07) is 18.3. The summed E-state index contributed by atoms with van der Waals surface area (Å²) in [4.78, 5) is 84.9. The molecule has 3 fully saturated rings. The first kappa shape index (κ1) is 47.9. The number of nitrogens with zero attached hydrogens (tertiary/aromatic N) is 3.